The lowest BCUT2D eigenvalue weighted by molar-refractivity contribution is -0.148. The molecule has 0 aromatic rings. The molecule has 0 bridgehead atoms. The van der Waals surface area contributed by atoms with Crippen molar-refractivity contribution in [2.24, 2.45) is 0 Å². The van der Waals surface area contributed by atoms with Crippen molar-refractivity contribution in [1.29, 1.82) is 0 Å². The van der Waals surface area contributed by atoms with E-state index in [0.29, 0.717) is 0 Å². The van der Waals surface area contributed by atoms with Crippen molar-refractivity contribution in [2.75, 3.05) is 32.7 Å². The molecule has 27 heavy (non-hydrogen) atoms. The summed E-state index contributed by atoms with van der Waals surface area (Å²) in [5, 5.41) is 6.63. The van der Waals surface area contributed by atoms with E-state index in [1.165, 1.54) is 11.8 Å². The molecule has 2 heterocycles. The van der Waals surface area contributed by atoms with E-state index in [0.717, 1.165) is 0 Å². The molecular weight excluding hydrogens is 358 g/mol. The Bertz CT molecular complexity index is 643. The van der Waals surface area contributed by atoms with Crippen molar-refractivity contribution >= 4 is 29.8 Å². The number of hydrogen-bond acceptors (Lipinski definition) is 7. The van der Waals surface area contributed by atoms with Gasteiger partial charge in [-0.05, 0) is 20.8 Å². The number of nitrogens with one attached hydrogen (secondary N) is 3. The molecule has 2 aliphatic rings. The summed E-state index contributed by atoms with van der Waals surface area (Å²) in [5.41, 5.74) is -2.40. The first-order valence-electron chi connectivity index (χ1n) is 8.60. The Kier molecular flexibility index (Phi) is 5.73. The van der Waals surface area contributed by atoms with Gasteiger partial charge in [0, 0.05) is 33.1 Å². The first kappa shape index (κ1) is 20.6. The van der Waals surface area contributed by atoms with E-state index in [1.54, 1.807) is 25.7 Å². The van der Waals surface area contributed by atoms with Crippen molar-refractivity contribution < 1.29 is 28.7 Å². The van der Waals surface area contributed by atoms with Gasteiger partial charge in [0.1, 0.15) is 5.60 Å². The summed E-state index contributed by atoms with van der Waals surface area (Å²) in [5.74, 6) is -2.04. The molecule has 6 amide bonds. The molecule has 0 spiro atoms. The third kappa shape index (κ3) is 4.54. The third-order valence-electron chi connectivity index (χ3n) is 4.27. The number of carbonyl (C=O) groups excluding carboxylic acids is 5. The Balaban J connectivity index is 2.15. The molecule has 2 aliphatic heterocycles. The lowest BCUT2D eigenvalue weighted by Crippen LogP contribution is -2.78. The maximum atomic E-state index is 12.6. The zero-order chi connectivity index (χ0) is 20.4. The Morgan fingerprint density at radius 3 is 2.04 bits per heavy atom. The van der Waals surface area contributed by atoms with E-state index < -0.39 is 41.0 Å². The quantitative estimate of drug-likeness (QED) is 0.520. The van der Waals surface area contributed by atoms with Crippen LogP contribution in [-0.2, 0) is 19.1 Å². The van der Waals surface area contributed by atoms with Gasteiger partial charge in [0.15, 0.2) is 5.54 Å². The van der Waals surface area contributed by atoms with Crippen molar-refractivity contribution in [3.63, 3.8) is 0 Å². The van der Waals surface area contributed by atoms with Gasteiger partial charge in [-0.2, -0.15) is 0 Å². The van der Waals surface area contributed by atoms with Gasteiger partial charge in [-0.1, -0.05) is 0 Å². The van der Waals surface area contributed by atoms with Gasteiger partial charge in [0.25, 0.3) is 11.8 Å². The predicted octanol–water partition coefficient (Wildman–Crippen LogP) is -1.22. The highest BCUT2D eigenvalue weighted by Gasteiger charge is 2.55. The molecule has 0 aliphatic carbocycles. The van der Waals surface area contributed by atoms with Gasteiger partial charge in [0.05, 0.1) is 6.54 Å². The Hall–Kier alpha value is -2.69. The van der Waals surface area contributed by atoms with Crippen LogP contribution in [0, 0.1) is 0 Å². The molecule has 0 aromatic carbocycles. The maximum Gasteiger partial charge on any atom is 0.410 e. The second kappa shape index (κ2) is 7.51. The first-order valence-corrected chi connectivity index (χ1v) is 8.60. The van der Waals surface area contributed by atoms with Crippen LogP contribution in [0.1, 0.15) is 27.7 Å². The molecule has 0 radical (unpaired) electrons. The molecule has 0 saturated carbocycles. The number of imide groups is 2. The second-order valence-corrected chi connectivity index (χ2v) is 7.46. The van der Waals surface area contributed by atoms with Gasteiger partial charge < -0.3 is 15.0 Å². The van der Waals surface area contributed by atoms with Crippen molar-refractivity contribution in [1.82, 2.24) is 25.8 Å². The van der Waals surface area contributed by atoms with Crippen molar-refractivity contribution in [2.45, 2.75) is 38.8 Å². The average molecular weight is 383 g/mol. The van der Waals surface area contributed by atoms with Gasteiger partial charge in [-0.3, -0.25) is 29.9 Å². The summed E-state index contributed by atoms with van der Waals surface area (Å²) in [7, 11) is 0. The zero-order valence-electron chi connectivity index (χ0n) is 15.9. The highest BCUT2D eigenvalue weighted by molar-refractivity contribution is 6.22. The van der Waals surface area contributed by atoms with Crippen LogP contribution in [0.2, 0.25) is 0 Å². The van der Waals surface area contributed by atoms with Crippen molar-refractivity contribution in [3.8, 4) is 0 Å². The molecule has 11 heteroatoms. The van der Waals surface area contributed by atoms with Crippen LogP contribution < -0.4 is 16.0 Å². The van der Waals surface area contributed by atoms with Crippen LogP contribution in [0.25, 0.3) is 0 Å². The number of ether oxygens (including phenoxy) is 1. The largest absolute Gasteiger partial charge is 0.444 e. The Morgan fingerprint density at radius 2 is 1.59 bits per heavy atom. The van der Waals surface area contributed by atoms with Gasteiger partial charge in [0.2, 0.25) is 5.91 Å². The highest BCUT2D eigenvalue weighted by Crippen LogP contribution is 2.22. The summed E-state index contributed by atoms with van der Waals surface area (Å²) in [6.07, 6.45) is -0.481. The number of hydrogen-bond donors (Lipinski definition) is 3. The fourth-order valence-corrected chi connectivity index (χ4v) is 2.96. The fraction of sp³-hybridized carbons (Fsp3) is 0.688. The lowest BCUT2D eigenvalue weighted by Gasteiger charge is -2.46. The van der Waals surface area contributed by atoms with E-state index in [9.17, 15) is 24.0 Å². The predicted molar refractivity (Wildman–Crippen MR) is 92.5 cm³/mol. The normalized spacial score (nSPS) is 20.6. The summed E-state index contributed by atoms with van der Waals surface area (Å²) >= 11 is 0. The molecule has 0 unspecified atom stereocenters. The first-order chi connectivity index (χ1) is 12.5. The number of nitrogens with zero attached hydrogens (tertiary/aromatic N) is 2. The van der Waals surface area contributed by atoms with Crippen LogP contribution in [0.5, 0.6) is 0 Å². The van der Waals surface area contributed by atoms with Crippen LogP contribution in [0.15, 0.2) is 0 Å². The molecular formula is C16H25N5O6. The monoisotopic (exact) mass is 383 g/mol. The van der Waals surface area contributed by atoms with E-state index in [2.05, 4.69) is 16.0 Å². The molecule has 2 rings (SSSR count). The van der Waals surface area contributed by atoms with E-state index >= 15 is 0 Å². The minimum atomic E-state index is -1.76. The molecule has 0 atom stereocenters. The minimum absolute atomic E-state index is 0.188. The number of amides is 6. The Morgan fingerprint density at radius 1 is 1.07 bits per heavy atom. The molecule has 3 N–H and O–H groups in total. The molecule has 2 fully saturated rings. The molecule has 2 saturated heterocycles. The second-order valence-electron chi connectivity index (χ2n) is 7.46. The van der Waals surface area contributed by atoms with E-state index in [-0.39, 0.29) is 32.7 Å². The van der Waals surface area contributed by atoms with Crippen LogP contribution >= 0.6 is 0 Å². The van der Waals surface area contributed by atoms with Crippen LogP contribution in [-0.4, -0.2) is 83.5 Å². The topological polar surface area (TPSA) is 137 Å². The van der Waals surface area contributed by atoms with Crippen LogP contribution in [0.4, 0.5) is 9.59 Å². The summed E-state index contributed by atoms with van der Waals surface area (Å²) in [6, 6.07) is -0.907. The Labute approximate surface area is 156 Å². The molecule has 0 aromatic heterocycles. The molecule has 150 valence electrons. The number of rotatable bonds is 3. The minimum Gasteiger partial charge on any atom is -0.444 e. The standard InChI is InChI=1S/C16H25N5O6/c1-10(22)17-9-16(11(23)18-13(25)19-12(16)24)21-7-5-20(6-8-21)14(26)27-15(2,3)4/h5-9H2,1-4H3,(H,17,22)(H2,18,19,23,24,25). The maximum absolute atomic E-state index is 12.6. The zero-order valence-corrected chi connectivity index (χ0v) is 15.9. The number of urea groups is 1. The molecule has 11 nitrogen and oxygen atoms in total. The van der Waals surface area contributed by atoms with E-state index in [1.807, 2.05) is 0 Å². The fourth-order valence-electron chi connectivity index (χ4n) is 2.96. The number of carbonyl (C=O) groups is 5. The summed E-state index contributed by atoms with van der Waals surface area (Å²) < 4.78 is 5.33. The third-order valence-corrected chi connectivity index (χ3v) is 4.27. The SMILES string of the molecule is CC(=O)NCC1(N2CCN(C(=O)OC(C)(C)C)CC2)C(=O)NC(=O)NC1=O. The number of barbiturate groups is 1. The van der Waals surface area contributed by atoms with Gasteiger partial charge in [-0.25, -0.2) is 9.59 Å². The summed E-state index contributed by atoms with van der Waals surface area (Å²) in [4.78, 5) is 63.1. The van der Waals surface area contributed by atoms with E-state index in [4.69, 9.17) is 4.74 Å². The average Bonchev–Trinajstić information content (AvgIpc) is 2.53. The van der Waals surface area contributed by atoms with Crippen molar-refractivity contribution in [3.05, 3.63) is 0 Å². The smallest absolute Gasteiger partial charge is 0.410 e. The van der Waals surface area contributed by atoms with Gasteiger partial charge in [-0.15, -0.1) is 0 Å². The summed E-state index contributed by atoms with van der Waals surface area (Å²) in [6.45, 7) is 7.09. The van der Waals surface area contributed by atoms with Crippen LogP contribution in [0.3, 0.4) is 0 Å². The highest BCUT2D eigenvalue weighted by atomic mass is 16.6. The number of piperazine rings is 1. The van der Waals surface area contributed by atoms with Gasteiger partial charge >= 0.3 is 12.1 Å². The lowest BCUT2D eigenvalue weighted by atomic mass is 9.91.